The number of hydrogen-bond acceptors (Lipinski definition) is 6. The molecular weight excluding hydrogens is 478 g/mol. The Morgan fingerprint density at radius 2 is 1.78 bits per heavy atom. The van der Waals surface area contributed by atoms with Crippen molar-refractivity contribution < 1.29 is 23.1 Å². The van der Waals surface area contributed by atoms with Crippen LogP contribution in [0, 0.1) is 0 Å². The maximum absolute atomic E-state index is 13.2. The lowest BCUT2D eigenvalue weighted by atomic mass is 10.0. The van der Waals surface area contributed by atoms with Crippen LogP contribution in [0.25, 0.3) is 11.3 Å². The van der Waals surface area contributed by atoms with Crippen molar-refractivity contribution in [2.75, 3.05) is 0 Å². The van der Waals surface area contributed by atoms with Crippen molar-refractivity contribution in [2.24, 2.45) is 0 Å². The first-order valence-electron chi connectivity index (χ1n) is 11.3. The number of nitrogens with zero attached hydrogens (tertiary/aromatic N) is 1. The Labute approximate surface area is 208 Å². The minimum Gasteiger partial charge on any atom is -0.392 e. The molecule has 0 radical (unpaired) electrons. The number of aromatic nitrogens is 1. The van der Waals surface area contributed by atoms with Crippen molar-refractivity contribution >= 4 is 21.7 Å². The van der Waals surface area contributed by atoms with E-state index in [1.807, 2.05) is 36.4 Å². The Kier molecular flexibility index (Phi) is 6.26. The minimum atomic E-state index is -3.82. The molecule has 0 bridgehead atoms. The summed E-state index contributed by atoms with van der Waals surface area (Å²) in [5, 5.41) is 14.1. The van der Waals surface area contributed by atoms with E-state index in [-0.39, 0.29) is 29.2 Å². The van der Waals surface area contributed by atoms with Crippen molar-refractivity contribution in [3.63, 3.8) is 0 Å². The van der Waals surface area contributed by atoms with E-state index in [0.717, 1.165) is 16.7 Å². The molecule has 2 aliphatic rings. The Balaban J connectivity index is 1.29. The molecule has 2 unspecified atom stereocenters. The van der Waals surface area contributed by atoms with Crippen molar-refractivity contribution in [3.8, 4) is 11.3 Å². The van der Waals surface area contributed by atoms with Crippen molar-refractivity contribution in [1.82, 2.24) is 15.6 Å². The third kappa shape index (κ3) is 4.34. The summed E-state index contributed by atoms with van der Waals surface area (Å²) in [6.45, 7) is 0.122. The fourth-order valence-corrected chi connectivity index (χ4v) is 6.24. The lowest BCUT2D eigenvalue weighted by Gasteiger charge is -2.24. The Hall–Kier alpha value is -4.08. The van der Waals surface area contributed by atoms with E-state index < -0.39 is 32.9 Å². The van der Waals surface area contributed by atoms with Crippen LogP contribution in [-0.2, 0) is 27.8 Å². The lowest BCUT2D eigenvalue weighted by Crippen LogP contribution is -2.44. The zero-order chi connectivity index (χ0) is 25.3. The molecule has 9 heteroatoms. The number of benzene rings is 2. The second kappa shape index (κ2) is 9.52. The van der Waals surface area contributed by atoms with E-state index in [4.69, 9.17) is 0 Å². The van der Waals surface area contributed by atoms with Gasteiger partial charge >= 0.3 is 0 Å². The normalized spacial score (nSPS) is 19.8. The molecule has 3 aromatic rings. The summed E-state index contributed by atoms with van der Waals surface area (Å²) < 4.78 is 26.3. The summed E-state index contributed by atoms with van der Waals surface area (Å²) in [5.74, 6) is -0.894. The molecule has 5 rings (SSSR count). The van der Waals surface area contributed by atoms with Gasteiger partial charge in [0.15, 0.2) is 9.84 Å². The van der Waals surface area contributed by atoms with E-state index >= 15 is 0 Å². The molecule has 1 aliphatic carbocycles. The van der Waals surface area contributed by atoms with E-state index in [1.165, 1.54) is 30.4 Å². The number of aliphatic hydroxyl groups excluding tert-OH is 1. The topological polar surface area (TPSA) is 125 Å². The van der Waals surface area contributed by atoms with Crippen molar-refractivity contribution in [2.45, 2.75) is 29.3 Å². The first-order valence-corrected chi connectivity index (χ1v) is 12.9. The maximum atomic E-state index is 13.2. The molecule has 0 spiro atoms. The number of amides is 2. The SMILES string of the molecule is O=C(NCc1ccc(-c2ccccc2CO)nc1)C1=CC2NC(=O)c3ccccc3S(=O)(=O)C2C=C1. The average molecular weight is 502 g/mol. The summed E-state index contributed by atoms with van der Waals surface area (Å²) in [7, 11) is -3.82. The van der Waals surface area contributed by atoms with E-state index in [0.29, 0.717) is 5.69 Å². The fourth-order valence-electron chi connectivity index (χ4n) is 4.39. The number of aliphatic hydroxyl groups is 1. The van der Waals surface area contributed by atoms with Crippen LogP contribution in [-0.4, -0.2) is 41.6 Å². The predicted octanol–water partition coefficient (Wildman–Crippen LogP) is 2.31. The van der Waals surface area contributed by atoms with E-state index in [1.54, 1.807) is 18.3 Å². The van der Waals surface area contributed by atoms with Gasteiger partial charge in [0.2, 0.25) is 0 Å². The second-order valence-electron chi connectivity index (χ2n) is 8.54. The van der Waals surface area contributed by atoms with Gasteiger partial charge in [0.05, 0.1) is 28.8 Å². The van der Waals surface area contributed by atoms with Gasteiger partial charge in [-0.2, -0.15) is 0 Å². The van der Waals surface area contributed by atoms with Crippen molar-refractivity contribution in [1.29, 1.82) is 0 Å². The highest BCUT2D eigenvalue weighted by atomic mass is 32.2. The summed E-state index contributed by atoms with van der Waals surface area (Å²) >= 11 is 0. The second-order valence-corrected chi connectivity index (χ2v) is 10.6. The van der Waals surface area contributed by atoms with Gasteiger partial charge in [-0.15, -0.1) is 0 Å². The predicted molar refractivity (Wildman–Crippen MR) is 133 cm³/mol. The lowest BCUT2D eigenvalue weighted by molar-refractivity contribution is -0.117. The first-order chi connectivity index (χ1) is 17.4. The maximum Gasteiger partial charge on any atom is 0.253 e. The van der Waals surface area contributed by atoms with Crippen molar-refractivity contribution in [3.05, 3.63) is 107 Å². The van der Waals surface area contributed by atoms with Crippen LogP contribution in [0.1, 0.15) is 21.5 Å². The first kappa shape index (κ1) is 23.7. The summed E-state index contributed by atoms with van der Waals surface area (Å²) in [4.78, 5) is 29.9. The highest BCUT2D eigenvalue weighted by Crippen LogP contribution is 2.30. The third-order valence-electron chi connectivity index (χ3n) is 6.28. The van der Waals surface area contributed by atoms with E-state index in [2.05, 4.69) is 15.6 Å². The Bertz CT molecular complexity index is 1510. The third-order valence-corrected chi connectivity index (χ3v) is 8.41. The van der Waals surface area contributed by atoms with Gasteiger partial charge in [0, 0.05) is 23.9 Å². The number of rotatable bonds is 5. The monoisotopic (exact) mass is 501 g/mol. The number of pyridine rings is 1. The molecule has 0 fully saturated rings. The molecule has 182 valence electrons. The Morgan fingerprint density at radius 1 is 1.03 bits per heavy atom. The number of sulfone groups is 1. The number of carbonyl (C=O) groups excluding carboxylic acids is 2. The number of nitrogens with one attached hydrogen (secondary N) is 2. The van der Waals surface area contributed by atoms with Crippen LogP contribution < -0.4 is 10.6 Å². The zero-order valence-corrected chi connectivity index (χ0v) is 19.9. The van der Waals surface area contributed by atoms with Crippen LogP contribution in [0.4, 0.5) is 0 Å². The number of hydrogen-bond donors (Lipinski definition) is 3. The van der Waals surface area contributed by atoms with Gasteiger partial charge in [0.1, 0.15) is 5.25 Å². The minimum absolute atomic E-state index is 0.0153. The highest BCUT2D eigenvalue weighted by molar-refractivity contribution is 7.92. The zero-order valence-electron chi connectivity index (χ0n) is 19.1. The van der Waals surface area contributed by atoms with Gasteiger partial charge in [0.25, 0.3) is 11.8 Å². The average Bonchev–Trinajstić information content (AvgIpc) is 2.99. The molecule has 2 amide bonds. The molecule has 2 heterocycles. The summed E-state index contributed by atoms with van der Waals surface area (Å²) in [5.41, 5.74) is 3.45. The fraction of sp³-hybridized carbons (Fsp3) is 0.148. The number of carbonyl (C=O) groups is 2. The molecule has 36 heavy (non-hydrogen) atoms. The molecule has 0 saturated heterocycles. The Morgan fingerprint density at radius 3 is 2.53 bits per heavy atom. The van der Waals surface area contributed by atoms with Crippen LogP contribution in [0.5, 0.6) is 0 Å². The molecule has 2 aromatic carbocycles. The van der Waals surface area contributed by atoms with Crippen LogP contribution in [0.15, 0.2) is 95.6 Å². The summed E-state index contributed by atoms with van der Waals surface area (Å²) in [6, 6.07) is 16.3. The van der Waals surface area contributed by atoms with Gasteiger partial charge < -0.3 is 15.7 Å². The quantitative estimate of drug-likeness (QED) is 0.493. The molecule has 3 N–H and O–H groups in total. The van der Waals surface area contributed by atoms with Gasteiger partial charge in [-0.25, -0.2) is 8.42 Å². The molecule has 1 aromatic heterocycles. The molecular formula is C27H23N3O5S. The number of fused-ring (bicyclic) bond motifs is 2. The smallest absolute Gasteiger partial charge is 0.253 e. The standard InChI is InChI=1S/C27H23N3O5S/c31-16-19-5-1-2-6-20(19)22-11-9-17(14-28-22)15-29-26(32)18-10-12-25-23(13-18)30-27(33)21-7-3-4-8-24(21)36(25,34)35/h1-14,23,25,31H,15-16H2,(H,29,32)(H,30,33). The van der Waals surface area contributed by atoms with Crippen LogP contribution >= 0.6 is 0 Å². The largest absolute Gasteiger partial charge is 0.392 e. The van der Waals surface area contributed by atoms with Crippen LogP contribution in [0.3, 0.4) is 0 Å². The van der Waals surface area contributed by atoms with E-state index in [9.17, 15) is 23.1 Å². The summed E-state index contributed by atoms with van der Waals surface area (Å²) in [6.07, 6.45) is 6.06. The van der Waals surface area contributed by atoms with Gasteiger partial charge in [-0.05, 0) is 35.4 Å². The molecule has 1 aliphatic heterocycles. The van der Waals surface area contributed by atoms with Crippen LogP contribution in [0.2, 0.25) is 0 Å². The van der Waals surface area contributed by atoms with Gasteiger partial charge in [-0.3, -0.25) is 14.6 Å². The molecule has 2 atom stereocenters. The highest BCUT2D eigenvalue weighted by Gasteiger charge is 2.40. The molecule has 0 saturated carbocycles. The van der Waals surface area contributed by atoms with Gasteiger partial charge in [-0.1, -0.05) is 54.6 Å². The molecule has 8 nitrogen and oxygen atoms in total.